The molecule has 118 valence electrons. The van der Waals surface area contributed by atoms with E-state index in [1.807, 2.05) is 0 Å². The average molecular weight is 283 g/mol. The molecule has 1 saturated carbocycles. The van der Waals surface area contributed by atoms with E-state index in [0.29, 0.717) is 18.5 Å². The molecule has 3 atom stereocenters. The standard InChI is InChI=1S/C17H33NO2/c1-12(2)5-6-14-7-8-16(10-14)18-11-15(17(19)20)9-13(3)4/h12-16,18H,5-11H2,1-4H3,(H,19,20). The molecule has 1 aliphatic carbocycles. The number of aliphatic carboxylic acids is 1. The van der Waals surface area contributed by atoms with Crippen molar-refractivity contribution in [3.05, 3.63) is 0 Å². The summed E-state index contributed by atoms with van der Waals surface area (Å²) in [7, 11) is 0. The lowest BCUT2D eigenvalue weighted by Gasteiger charge is -2.19. The summed E-state index contributed by atoms with van der Waals surface area (Å²) < 4.78 is 0. The topological polar surface area (TPSA) is 49.3 Å². The minimum absolute atomic E-state index is 0.232. The third kappa shape index (κ3) is 6.74. The Morgan fingerprint density at radius 1 is 1.20 bits per heavy atom. The molecule has 3 unspecified atom stereocenters. The summed E-state index contributed by atoms with van der Waals surface area (Å²) in [5.41, 5.74) is 0. The van der Waals surface area contributed by atoms with Gasteiger partial charge in [-0.3, -0.25) is 4.79 Å². The fourth-order valence-corrected chi connectivity index (χ4v) is 3.24. The largest absolute Gasteiger partial charge is 0.481 e. The number of hydrogen-bond donors (Lipinski definition) is 2. The first-order valence-corrected chi connectivity index (χ1v) is 8.34. The predicted molar refractivity (Wildman–Crippen MR) is 83.8 cm³/mol. The fourth-order valence-electron chi connectivity index (χ4n) is 3.24. The minimum Gasteiger partial charge on any atom is -0.481 e. The van der Waals surface area contributed by atoms with E-state index < -0.39 is 5.97 Å². The van der Waals surface area contributed by atoms with Crippen LogP contribution in [0.25, 0.3) is 0 Å². The van der Waals surface area contributed by atoms with Gasteiger partial charge in [-0.15, -0.1) is 0 Å². The van der Waals surface area contributed by atoms with Crippen LogP contribution in [-0.2, 0) is 4.79 Å². The molecule has 1 aliphatic rings. The van der Waals surface area contributed by atoms with Gasteiger partial charge in [-0.25, -0.2) is 0 Å². The monoisotopic (exact) mass is 283 g/mol. The number of carboxylic acids is 1. The summed E-state index contributed by atoms with van der Waals surface area (Å²) in [5, 5.41) is 12.8. The number of carboxylic acid groups (broad SMARTS) is 1. The van der Waals surface area contributed by atoms with Crippen molar-refractivity contribution in [3.8, 4) is 0 Å². The summed E-state index contributed by atoms with van der Waals surface area (Å²) in [6.07, 6.45) is 7.20. The molecule has 0 aliphatic heterocycles. The Kier molecular flexibility index (Phi) is 7.57. The zero-order chi connectivity index (χ0) is 15.1. The molecule has 0 heterocycles. The number of nitrogens with one attached hydrogen (secondary N) is 1. The first-order chi connectivity index (χ1) is 9.38. The lowest BCUT2D eigenvalue weighted by molar-refractivity contribution is -0.142. The van der Waals surface area contributed by atoms with Crippen molar-refractivity contribution in [3.63, 3.8) is 0 Å². The fraction of sp³-hybridized carbons (Fsp3) is 0.941. The van der Waals surface area contributed by atoms with Crippen LogP contribution < -0.4 is 5.32 Å². The van der Waals surface area contributed by atoms with Gasteiger partial charge in [-0.1, -0.05) is 40.5 Å². The maximum absolute atomic E-state index is 11.2. The number of carbonyl (C=O) groups is 1. The van der Waals surface area contributed by atoms with Gasteiger partial charge in [0, 0.05) is 12.6 Å². The van der Waals surface area contributed by atoms with Gasteiger partial charge in [-0.2, -0.15) is 0 Å². The Labute approximate surface area is 124 Å². The molecule has 3 heteroatoms. The molecule has 0 amide bonds. The molecule has 0 saturated heterocycles. The van der Waals surface area contributed by atoms with Crippen LogP contribution in [0, 0.1) is 23.7 Å². The molecule has 0 radical (unpaired) electrons. The van der Waals surface area contributed by atoms with Crippen LogP contribution in [0.1, 0.15) is 66.2 Å². The van der Waals surface area contributed by atoms with Gasteiger partial charge in [-0.05, 0) is 43.4 Å². The molecule has 3 nitrogen and oxygen atoms in total. The predicted octanol–water partition coefficient (Wildman–Crippen LogP) is 3.93. The zero-order valence-electron chi connectivity index (χ0n) is 13.7. The number of hydrogen-bond acceptors (Lipinski definition) is 2. The second kappa shape index (κ2) is 8.66. The van der Waals surface area contributed by atoms with Crippen LogP contribution in [0.4, 0.5) is 0 Å². The van der Waals surface area contributed by atoms with Crippen LogP contribution in [0.5, 0.6) is 0 Å². The molecule has 0 bridgehead atoms. The molecule has 0 aromatic carbocycles. The van der Waals surface area contributed by atoms with Crippen LogP contribution in [0.3, 0.4) is 0 Å². The summed E-state index contributed by atoms with van der Waals surface area (Å²) in [6, 6.07) is 0.543. The summed E-state index contributed by atoms with van der Waals surface area (Å²) >= 11 is 0. The Morgan fingerprint density at radius 2 is 1.90 bits per heavy atom. The Bertz CT molecular complexity index is 289. The van der Waals surface area contributed by atoms with Crippen LogP contribution in [-0.4, -0.2) is 23.7 Å². The van der Waals surface area contributed by atoms with Crippen molar-refractivity contribution >= 4 is 5.97 Å². The molecule has 1 fully saturated rings. The van der Waals surface area contributed by atoms with Gasteiger partial charge in [0.1, 0.15) is 0 Å². The van der Waals surface area contributed by atoms with Gasteiger partial charge in [0.25, 0.3) is 0 Å². The van der Waals surface area contributed by atoms with Crippen LogP contribution >= 0.6 is 0 Å². The maximum atomic E-state index is 11.2. The second-order valence-corrected chi connectivity index (χ2v) is 7.42. The van der Waals surface area contributed by atoms with E-state index in [1.165, 1.54) is 32.1 Å². The smallest absolute Gasteiger partial charge is 0.307 e. The highest BCUT2D eigenvalue weighted by Gasteiger charge is 2.26. The van der Waals surface area contributed by atoms with Gasteiger partial charge in [0.05, 0.1) is 5.92 Å². The van der Waals surface area contributed by atoms with Crippen molar-refractivity contribution in [2.45, 2.75) is 72.3 Å². The summed E-state index contributed by atoms with van der Waals surface area (Å²) in [4.78, 5) is 11.2. The Hall–Kier alpha value is -0.570. The van der Waals surface area contributed by atoms with Crippen molar-refractivity contribution in [2.75, 3.05) is 6.54 Å². The van der Waals surface area contributed by atoms with E-state index in [1.54, 1.807) is 0 Å². The van der Waals surface area contributed by atoms with Crippen LogP contribution in [0.2, 0.25) is 0 Å². The minimum atomic E-state index is -0.652. The van der Waals surface area contributed by atoms with Gasteiger partial charge < -0.3 is 10.4 Å². The summed E-state index contributed by atoms with van der Waals surface area (Å²) in [6.45, 7) is 9.39. The Morgan fingerprint density at radius 3 is 2.45 bits per heavy atom. The zero-order valence-corrected chi connectivity index (χ0v) is 13.7. The molecule has 20 heavy (non-hydrogen) atoms. The van der Waals surface area contributed by atoms with E-state index in [0.717, 1.165) is 18.3 Å². The highest BCUT2D eigenvalue weighted by molar-refractivity contribution is 5.70. The first-order valence-electron chi connectivity index (χ1n) is 8.34. The van der Waals surface area contributed by atoms with Crippen LogP contribution in [0.15, 0.2) is 0 Å². The average Bonchev–Trinajstić information content (AvgIpc) is 2.79. The maximum Gasteiger partial charge on any atom is 0.307 e. The van der Waals surface area contributed by atoms with Crippen molar-refractivity contribution in [1.29, 1.82) is 0 Å². The van der Waals surface area contributed by atoms with E-state index in [2.05, 4.69) is 33.0 Å². The lowest BCUT2D eigenvalue weighted by Crippen LogP contribution is -2.35. The van der Waals surface area contributed by atoms with Crippen molar-refractivity contribution in [1.82, 2.24) is 5.32 Å². The second-order valence-electron chi connectivity index (χ2n) is 7.42. The van der Waals surface area contributed by atoms with E-state index >= 15 is 0 Å². The third-order valence-corrected chi connectivity index (χ3v) is 4.45. The van der Waals surface area contributed by atoms with Gasteiger partial charge in [0.15, 0.2) is 0 Å². The molecule has 2 N–H and O–H groups in total. The molecule has 0 spiro atoms. The highest BCUT2D eigenvalue weighted by Crippen LogP contribution is 2.30. The van der Waals surface area contributed by atoms with E-state index in [9.17, 15) is 9.90 Å². The first kappa shape index (κ1) is 17.5. The highest BCUT2D eigenvalue weighted by atomic mass is 16.4. The van der Waals surface area contributed by atoms with E-state index in [4.69, 9.17) is 0 Å². The molecule has 0 aromatic heterocycles. The summed E-state index contributed by atoms with van der Waals surface area (Å²) in [5.74, 6) is 1.21. The lowest BCUT2D eigenvalue weighted by atomic mass is 9.96. The SMILES string of the molecule is CC(C)CCC1CCC(NCC(CC(C)C)C(=O)O)C1. The van der Waals surface area contributed by atoms with Gasteiger partial charge in [0.2, 0.25) is 0 Å². The van der Waals surface area contributed by atoms with Crippen molar-refractivity contribution in [2.24, 2.45) is 23.7 Å². The molecule has 1 rings (SSSR count). The normalized spacial score (nSPS) is 24.5. The molecular weight excluding hydrogens is 250 g/mol. The van der Waals surface area contributed by atoms with E-state index in [-0.39, 0.29) is 5.92 Å². The van der Waals surface area contributed by atoms with Crippen molar-refractivity contribution < 1.29 is 9.90 Å². The third-order valence-electron chi connectivity index (χ3n) is 4.45. The number of rotatable bonds is 9. The quantitative estimate of drug-likeness (QED) is 0.674. The molecule has 0 aromatic rings. The molecular formula is C17H33NO2. The Balaban J connectivity index is 2.26. The van der Waals surface area contributed by atoms with Gasteiger partial charge >= 0.3 is 5.97 Å².